The second-order valence-electron chi connectivity index (χ2n) is 5.85. The smallest absolute Gasteiger partial charge is 0.407 e. The molecule has 1 saturated heterocycles. The predicted octanol–water partition coefficient (Wildman–Crippen LogP) is 3.78. The van der Waals surface area contributed by atoms with Gasteiger partial charge in [0, 0.05) is 30.4 Å². The molecule has 0 radical (unpaired) electrons. The standard InChI is InChI=1S/C15H15BrClFN4O2/c1-6(7-4-22(5-7)15(23)24)21-13-8-2-9(17)11(16)12(18)14(8)20-3-10(13)19/h2-3,6-7H,4-5,19H2,1H3,(H,20,21)(H,23,24). The van der Waals surface area contributed by atoms with Crippen LogP contribution in [0.2, 0.25) is 5.02 Å². The van der Waals surface area contributed by atoms with Crippen molar-refractivity contribution in [1.29, 1.82) is 0 Å². The zero-order valence-electron chi connectivity index (χ0n) is 12.7. The van der Waals surface area contributed by atoms with Crippen LogP contribution in [0.25, 0.3) is 10.9 Å². The number of nitrogens with two attached hydrogens (primary N) is 1. The zero-order chi connectivity index (χ0) is 17.6. The Labute approximate surface area is 150 Å². The maximum Gasteiger partial charge on any atom is 0.407 e. The molecular weight excluding hydrogens is 403 g/mol. The summed E-state index contributed by atoms with van der Waals surface area (Å²) in [5, 5.41) is 12.9. The van der Waals surface area contributed by atoms with Crippen LogP contribution in [0.3, 0.4) is 0 Å². The van der Waals surface area contributed by atoms with Gasteiger partial charge in [0.25, 0.3) is 0 Å². The number of nitrogens with one attached hydrogen (secondary N) is 1. The van der Waals surface area contributed by atoms with Gasteiger partial charge in [-0.05, 0) is 28.9 Å². The average molecular weight is 418 g/mol. The molecular formula is C15H15BrClFN4O2. The van der Waals surface area contributed by atoms with Crippen LogP contribution in [-0.4, -0.2) is 40.2 Å². The van der Waals surface area contributed by atoms with E-state index in [0.717, 1.165) is 0 Å². The lowest BCUT2D eigenvalue weighted by atomic mass is 9.92. The van der Waals surface area contributed by atoms with Crippen molar-refractivity contribution in [2.45, 2.75) is 13.0 Å². The van der Waals surface area contributed by atoms with Crippen molar-refractivity contribution in [3.8, 4) is 0 Å². The van der Waals surface area contributed by atoms with E-state index >= 15 is 0 Å². The molecule has 1 aliphatic heterocycles. The lowest BCUT2D eigenvalue weighted by Gasteiger charge is -2.41. The number of amides is 1. The highest BCUT2D eigenvalue weighted by molar-refractivity contribution is 9.10. The highest BCUT2D eigenvalue weighted by Gasteiger charge is 2.34. The minimum atomic E-state index is -0.925. The zero-order valence-corrected chi connectivity index (χ0v) is 15.0. The first-order chi connectivity index (χ1) is 11.3. The van der Waals surface area contributed by atoms with Crippen LogP contribution in [0, 0.1) is 11.7 Å². The average Bonchev–Trinajstić information content (AvgIpc) is 2.46. The van der Waals surface area contributed by atoms with Gasteiger partial charge in [0.2, 0.25) is 0 Å². The van der Waals surface area contributed by atoms with Crippen LogP contribution in [0.1, 0.15) is 6.92 Å². The summed E-state index contributed by atoms with van der Waals surface area (Å²) in [4.78, 5) is 16.2. The molecule has 9 heteroatoms. The maximum atomic E-state index is 14.3. The van der Waals surface area contributed by atoms with Crippen molar-refractivity contribution in [3.63, 3.8) is 0 Å². The van der Waals surface area contributed by atoms with Crippen LogP contribution >= 0.6 is 27.5 Å². The molecule has 2 heterocycles. The minimum absolute atomic E-state index is 0.0426. The van der Waals surface area contributed by atoms with E-state index in [1.807, 2.05) is 6.92 Å². The Morgan fingerprint density at radius 2 is 2.29 bits per heavy atom. The number of anilines is 2. The van der Waals surface area contributed by atoms with Gasteiger partial charge >= 0.3 is 6.09 Å². The molecule has 1 fully saturated rings. The van der Waals surface area contributed by atoms with Crippen LogP contribution in [0.4, 0.5) is 20.6 Å². The Hall–Kier alpha value is -1.80. The molecule has 1 amide bonds. The molecule has 128 valence electrons. The number of aromatic nitrogens is 1. The Balaban J connectivity index is 1.92. The number of likely N-dealkylation sites (tertiary alicyclic amines) is 1. The molecule has 1 aromatic heterocycles. The molecule has 1 aromatic carbocycles. The van der Waals surface area contributed by atoms with Crippen molar-refractivity contribution in [3.05, 3.63) is 27.6 Å². The Morgan fingerprint density at radius 1 is 1.62 bits per heavy atom. The largest absolute Gasteiger partial charge is 0.465 e. The van der Waals surface area contributed by atoms with Crippen LogP contribution in [0.5, 0.6) is 0 Å². The molecule has 0 spiro atoms. The number of hydrogen-bond donors (Lipinski definition) is 3. The highest BCUT2D eigenvalue weighted by Crippen LogP contribution is 2.37. The summed E-state index contributed by atoms with van der Waals surface area (Å²) in [5.74, 6) is -0.395. The summed E-state index contributed by atoms with van der Waals surface area (Å²) < 4.78 is 14.5. The molecule has 2 aromatic rings. The van der Waals surface area contributed by atoms with E-state index in [4.69, 9.17) is 22.4 Å². The highest BCUT2D eigenvalue weighted by atomic mass is 79.9. The van der Waals surface area contributed by atoms with Crippen molar-refractivity contribution in [2.75, 3.05) is 24.1 Å². The number of fused-ring (bicyclic) bond motifs is 1. The Kier molecular flexibility index (Phi) is 4.44. The van der Waals surface area contributed by atoms with Crippen LogP contribution in [-0.2, 0) is 0 Å². The molecule has 3 rings (SSSR count). The lowest BCUT2D eigenvalue weighted by Crippen LogP contribution is -2.54. The molecule has 0 bridgehead atoms. The molecule has 0 aliphatic carbocycles. The maximum absolute atomic E-state index is 14.3. The normalized spacial score (nSPS) is 16.1. The monoisotopic (exact) mass is 416 g/mol. The molecule has 24 heavy (non-hydrogen) atoms. The van der Waals surface area contributed by atoms with E-state index in [1.165, 1.54) is 11.1 Å². The van der Waals surface area contributed by atoms with Gasteiger partial charge < -0.3 is 21.1 Å². The van der Waals surface area contributed by atoms with E-state index in [1.54, 1.807) is 6.07 Å². The second-order valence-corrected chi connectivity index (χ2v) is 7.05. The third kappa shape index (κ3) is 2.84. The number of nitrogens with zero attached hydrogens (tertiary/aromatic N) is 2. The van der Waals surface area contributed by atoms with Gasteiger partial charge in [-0.1, -0.05) is 11.6 Å². The topological polar surface area (TPSA) is 91.5 Å². The fourth-order valence-electron chi connectivity index (χ4n) is 2.75. The summed E-state index contributed by atoms with van der Waals surface area (Å²) in [7, 11) is 0. The first-order valence-electron chi connectivity index (χ1n) is 7.25. The van der Waals surface area contributed by atoms with Crippen molar-refractivity contribution < 1.29 is 14.3 Å². The predicted molar refractivity (Wildman–Crippen MR) is 95.0 cm³/mol. The molecule has 1 atom stereocenters. The summed E-state index contributed by atoms with van der Waals surface area (Å²) in [6, 6.07) is 1.56. The number of rotatable bonds is 3. The Morgan fingerprint density at radius 3 is 2.92 bits per heavy atom. The molecule has 0 saturated carbocycles. The first kappa shape index (κ1) is 17.0. The summed E-state index contributed by atoms with van der Waals surface area (Å²) in [5.41, 5.74) is 7.09. The van der Waals surface area contributed by atoms with E-state index in [2.05, 4.69) is 26.2 Å². The number of carboxylic acid groups (broad SMARTS) is 1. The number of halogens is 3. The fraction of sp³-hybridized carbons (Fsp3) is 0.333. The fourth-order valence-corrected chi connectivity index (χ4v) is 3.24. The Bertz CT molecular complexity index is 829. The molecule has 6 nitrogen and oxygen atoms in total. The third-order valence-electron chi connectivity index (χ3n) is 4.29. The van der Waals surface area contributed by atoms with Gasteiger partial charge in [0.05, 0.1) is 27.1 Å². The lowest BCUT2D eigenvalue weighted by molar-refractivity contribution is 0.0763. The van der Waals surface area contributed by atoms with Gasteiger partial charge in [0.15, 0.2) is 5.82 Å². The van der Waals surface area contributed by atoms with Crippen LogP contribution < -0.4 is 11.1 Å². The van der Waals surface area contributed by atoms with Crippen LogP contribution in [0.15, 0.2) is 16.7 Å². The van der Waals surface area contributed by atoms with Crippen molar-refractivity contribution >= 4 is 55.9 Å². The van der Waals surface area contributed by atoms with Crippen molar-refractivity contribution in [1.82, 2.24) is 9.88 Å². The first-order valence-corrected chi connectivity index (χ1v) is 8.42. The van der Waals surface area contributed by atoms with Gasteiger partial charge in [-0.2, -0.15) is 0 Å². The molecule has 1 unspecified atom stereocenters. The van der Waals surface area contributed by atoms with Gasteiger partial charge in [0.1, 0.15) is 5.52 Å². The molecule has 1 aliphatic rings. The number of carbonyl (C=O) groups is 1. The van der Waals surface area contributed by atoms with Crippen molar-refractivity contribution in [2.24, 2.45) is 5.92 Å². The van der Waals surface area contributed by atoms with Gasteiger partial charge in [-0.3, -0.25) is 4.98 Å². The number of nitrogen functional groups attached to an aromatic ring is 1. The van der Waals surface area contributed by atoms with Gasteiger partial charge in [-0.15, -0.1) is 0 Å². The SMILES string of the molecule is CC(Nc1c(N)cnc2c(F)c(Br)c(Cl)cc12)C1CN(C(=O)O)C1. The molecule has 4 N–H and O–H groups in total. The third-order valence-corrected chi connectivity index (χ3v) is 5.59. The van der Waals surface area contributed by atoms with E-state index in [-0.39, 0.29) is 27.0 Å². The van der Waals surface area contributed by atoms with E-state index in [9.17, 15) is 9.18 Å². The van der Waals surface area contributed by atoms with Gasteiger partial charge in [-0.25, -0.2) is 9.18 Å². The second kappa shape index (κ2) is 6.25. The minimum Gasteiger partial charge on any atom is -0.465 e. The summed E-state index contributed by atoms with van der Waals surface area (Å²) in [6.07, 6.45) is 0.469. The number of pyridine rings is 1. The quantitative estimate of drug-likeness (QED) is 0.661. The summed E-state index contributed by atoms with van der Waals surface area (Å²) in [6.45, 7) is 2.84. The van der Waals surface area contributed by atoms with E-state index < -0.39 is 11.9 Å². The number of hydrogen-bond acceptors (Lipinski definition) is 4. The van der Waals surface area contributed by atoms with E-state index in [0.29, 0.717) is 29.9 Å². The number of benzene rings is 1. The summed E-state index contributed by atoms with van der Waals surface area (Å²) >= 11 is 9.15.